The molecule has 1 aliphatic rings. The number of nitrogens with one attached hydrogen (secondary N) is 1. The van der Waals surface area contributed by atoms with E-state index in [9.17, 15) is 9.59 Å². The summed E-state index contributed by atoms with van der Waals surface area (Å²) in [5.74, 6) is 0.361. The Morgan fingerprint density at radius 1 is 1.10 bits per heavy atom. The van der Waals surface area contributed by atoms with Crippen LogP contribution in [0.2, 0.25) is 10.0 Å². The molecule has 0 fully saturated rings. The van der Waals surface area contributed by atoms with E-state index in [0.29, 0.717) is 33.8 Å². The van der Waals surface area contributed by atoms with Gasteiger partial charge in [-0.15, -0.1) is 0 Å². The van der Waals surface area contributed by atoms with Gasteiger partial charge in [-0.1, -0.05) is 35.3 Å². The fourth-order valence-corrected chi connectivity index (χ4v) is 3.29. The van der Waals surface area contributed by atoms with E-state index in [1.54, 1.807) is 47.3 Å². The average Bonchev–Trinajstić information content (AvgIpc) is 3.12. The van der Waals surface area contributed by atoms with E-state index in [4.69, 9.17) is 27.9 Å². The molecule has 0 saturated heterocycles. The number of nitrogens with zero attached hydrogens (tertiary/aromatic N) is 3. The molecule has 2 aromatic carbocycles. The first-order chi connectivity index (χ1) is 14.0. The van der Waals surface area contributed by atoms with Gasteiger partial charge in [0, 0.05) is 16.1 Å². The predicted molar refractivity (Wildman–Crippen MR) is 111 cm³/mol. The van der Waals surface area contributed by atoms with Crippen molar-refractivity contribution in [2.75, 3.05) is 23.4 Å². The molecule has 148 valence electrons. The van der Waals surface area contributed by atoms with E-state index >= 15 is 0 Å². The van der Waals surface area contributed by atoms with Crippen molar-refractivity contribution in [1.82, 2.24) is 9.78 Å². The molecule has 0 bridgehead atoms. The highest BCUT2D eigenvalue weighted by atomic mass is 35.5. The zero-order valence-electron chi connectivity index (χ0n) is 15.1. The van der Waals surface area contributed by atoms with Crippen LogP contribution in [0.3, 0.4) is 0 Å². The zero-order chi connectivity index (χ0) is 20.4. The van der Waals surface area contributed by atoms with Gasteiger partial charge in [-0.2, -0.15) is 5.10 Å². The number of rotatable bonds is 5. The number of ether oxygens (including phenoxy) is 1. The summed E-state index contributed by atoms with van der Waals surface area (Å²) in [5, 5.41) is 8.15. The maximum atomic E-state index is 12.6. The van der Waals surface area contributed by atoms with E-state index in [0.717, 1.165) is 5.56 Å². The molecule has 0 radical (unpaired) electrons. The van der Waals surface area contributed by atoms with Crippen molar-refractivity contribution in [1.29, 1.82) is 0 Å². The number of anilines is 2. The van der Waals surface area contributed by atoms with Gasteiger partial charge < -0.3 is 10.1 Å². The molecule has 0 spiro atoms. The van der Waals surface area contributed by atoms with Gasteiger partial charge in [0.05, 0.1) is 18.4 Å². The summed E-state index contributed by atoms with van der Waals surface area (Å²) >= 11 is 11.9. The van der Waals surface area contributed by atoms with E-state index in [-0.39, 0.29) is 25.0 Å². The molecule has 0 atom stereocenters. The molecule has 1 aliphatic heterocycles. The minimum atomic E-state index is -0.357. The second kappa shape index (κ2) is 8.14. The van der Waals surface area contributed by atoms with Crippen LogP contribution < -0.4 is 15.0 Å². The largest absolute Gasteiger partial charge is 0.482 e. The topological polar surface area (TPSA) is 76.5 Å². The maximum absolute atomic E-state index is 12.6. The van der Waals surface area contributed by atoms with Crippen LogP contribution >= 0.6 is 23.2 Å². The highest BCUT2D eigenvalue weighted by molar-refractivity contribution is 6.31. The van der Waals surface area contributed by atoms with Crippen LogP contribution in [0, 0.1) is 0 Å². The van der Waals surface area contributed by atoms with Crippen molar-refractivity contribution < 1.29 is 14.3 Å². The number of hydrogen-bond acceptors (Lipinski definition) is 4. The van der Waals surface area contributed by atoms with Crippen LogP contribution in [-0.2, 0) is 16.1 Å². The van der Waals surface area contributed by atoms with Crippen molar-refractivity contribution in [2.24, 2.45) is 0 Å². The van der Waals surface area contributed by atoms with Crippen molar-refractivity contribution in [3.8, 4) is 5.75 Å². The first-order valence-corrected chi connectivity index (χ1v) is 9.54. The van der Waals surface area contributed by atoms with Gasteiger partial charge >= 0.3 is 0 Å². The third-order valence-corrected chi connectivity index (χ3v) is 4.88. The number of carbonyl (C=O) groups is 2. The van der Waals surface area contributed by atoms with E-state index in [1.807, 2.05) is 12.1 Å². The Morgan fingerprint density at radius 2 is 1.86 bits per heavy atom. The molecule has 4 rings (SSSR count). The lowest BCUT2D eigenvalue weighted by Gasteiger charge is -2.29. The monoisotopic (exact) mass is 430 g/mol. The molecular weight excluding hydrogens is 415 g/mol. The average molecular weight is 431 g/mol. The third-order valence-electron chi connectivity index (χ3n) is 4.40. The summed E-state index contributed by atoms with van der Waals surface area (Å²) in [6.07, 6.45) is 1.60. The number of benzene rings is 2. The lowest BCUT2D eigenvalue weighted by atomic mass is 10.2. The van der Waals surface area contributed by atoms with E-state index in [2.05, 4.69) is 10.4 Å². The number of halogens is 2. The number of carbonyl (C=O) groups excluding carboxylic acids is 2. The molecule has 1 aromatic heterocycles. The molecular formula is C20H16Cl2N4O3. The van der Waals surface area contributed by atoms with Crippen LogP contribution in [-0.4, -0.2) is 34.7 Å². The predicted octanol–water partition coefficient (Wildman–Crippen LogP) is 3.60. The van der Waals surface area contributed by atoms with Gasteiger partial charge in [0.2, 0.25) is 5.91 Å². The Bertz CT molecular complexity index is 1070. The highest BCUT2D eigenvalue weighted by Crippen LogP contribution is 2.34. The number of hydrogen-bond donors (Lipinski definition) is 1. The first kappa shape index (κ1) is 19.3. The molecule has 3 aromatic rings. The van der Waals surface area contributed by atoms with Gasteiger partial charge in [-0.05, 0) is 35.9 Å². The summed E-state index contributed by atoms with van der Waals surface area (Å²) in [4.78, 5) is 26.3. The third kappa shape index (κ3) is 4.36. The molecule has 0 unspecified atom stereocenters. The summed E-state index contributed by atoms with van der Waals surface area (Å²) in [6.45, 7) is 0.173. The number of fused-ring (bicyclic) bond motifs is 1. The van der Waals surface area contributed by atoms with Crippen molar-refractivity contribution >= 4 is 46.5 Å². The number of aromatic nitrogens is 2. The smallest absolute Gasteiger partial charge is 0.265 e. The molecule has 9 heteroatoms. The Balaban J connectivity index is 1.47. The van der Waals surface area contributed by atoms with Crippen molar-refractivity contribution in [2.45, 2.75) is 6.54 Å². The fraction of sp³-hybridized carbons (Fsp3) is 0.150. The van der Waals surface area contributed by atoms with Gasteiger partial charge in [0.15, 0.2) is 6.61 Å². The second-order valence-corrected chi connectivity index (χ2v) is 7.30. The summed E-state index contributed by atoms with van der Waals surface area (Å²) < 4.78 is 7.06. The lowest BCUT2D eigenvalue weighted by Crippen LogP contribution is -2.43. The van der Waals surface area contributed by atoms with E-state index in [1.165, 1.54) is 4.90 Å². The van der Waals surface area contributed by atoms with Gasteiger partial charge in [0.25, 0.3) is 5.91 Å². The van der Waals surface area contributed by atoms with Gasteiger partial charge in [-0.25, -0.2) is 4.68 Å². The Labute approximate surface area is 176 Å². The molecule has 0 saturated carbocycles. The summed E-state index contributed by atoms with van der Waals surface area (Å²) in [5.41, 5.74) is 1.46. The Morgan fingerprint density at radius 3 is 2.66 bits per heavy atom. The van der Waals surface area contributed by atoms with Crippen LogP contribution in [0.5, 0.6) is 5.75 Å². The zero-order valence-corrected chi connectivity index (χ0v) is 16.7. The van der Waals surface area contributed by atoms with Crippen molar-refractivity contribution in [3.63, 3.8) is 0 Å². The van der Waals surface area contributed by atoms with Crippen molar-refractivity contribution in [3.05, 3.63) is 70.3 Å². The van der Waals surface area contributed by atoms with Gasteiger partial charge in [0.1, 0.15) is 18.1 Å². The van der Waals surface area contributed by atoms with Crippen LogP contribution in [0.1, 0.15) is 5.56 Å². The molecule has 0 aliphatic carbocycles. The SMILES string of the molecule is O=C(CN1C(=O)COc2ccc(Cl)cc21)Nc1ccnn1Cc1ccc(Cl)cc1. The molecule has 1 N–H and O–H groups in total. The molecule has 7 nitrogen and oxygen atoms in total. The summed E-state index contributed by atoms with van der Waals surface area (Å²) in [7, 11) is 0. The van der Waals surface area contributed by atoms with Crippen LogP contribution in [0.25, 0.3) is 0 Å². The highest BCUT2D eigenvalue weighted by Gasteiger charge is 2.27. The molecule has 29 heavy (non-hydrogen) atoms. The van der Waals surface area contributed by atoms with Crippen LogP contribution in [0.15, 0.2) is 54.7 Å². The van der Waals surface area contributed by atoms with Crippen LogP contribution in [0.4, 0.5) is 11.5 Å². The minimum absolute atomic E-state index is 0.129. The number of amides is 2. The maximum Gasteiger partial charge on any atom is 0.265 e. The molecule has 2 heterocycles. The standard InChI is InChI=1S/C20H16Cl2N4O3/c21-14-3-1-13(2-4-14)10-26-18(7-8-23-26)24-19(27)11-25-16-9-15(22)5-6-17(16)29-12-20(25)28/h1-9H,10-12H2,(H,24,27). The van der Waals surface area contributed by atoms with Gasteiger partial charge in [-0.3, -0.25) is 14.5 Å². The normalized spacial score (nSPS) is 13.0. The lowest BCUT2D eigenvalue weighted by molar-refractivity contribution is -0.123. The summed E-state index contributed by atoms with van der Waals surface area (Å²) in [6, 6.07) is 14.0. The molecule has 2 amide bonds. The minimum Gasteiger partial charge on any atom is -0.482 e. The quantitative estimate of drug-likeness (QED) is 0.670. The Kier molecular flexibility index (Phi) is 5.42. The second-order valence-electron chi connectivity index (χ2n) is 6.43. The van der Waals surface area contributed by atoms with E-state index < -0.39 is 0 Å². The first-order valence-electron chi connectivity index (χ1n) is 8.78. The Hall–Kier alpha value is -3.03. The fourth-order valence-electron chi connectivity index (χ4n) is 3.00.